The predicted octanol–water partition coefficient (Wildman–Crippen LogP) is 2.06. The van der Waals surface area contributed by atoms with Crippen LogP contribution < -0.4 is 0 Å². The second kappa shape index (κ2) is 6.19. The Hall–Kier alpha value is -1.35. The SMILES string of the molecule is CC(=O)OCCCC(O)c1ccccc1. The summed E-state index contributed by atoms with van der Waals surface area (Å²) in [5.41, 5.74) is 0.903. The van der Waals surface area contributed by atoms with Crippen LogP contribution in [0.3, 0.4) is 0 Å². The summed E-state index contributed by atoms with van der Waals surface area (Å²) in [7, 11) is 0. The molecule has 0 spiro atoms. The highest BCUT2D eigenvalue weighted by Crippen LogP contribution is 2.17. The normalized spacial score (nSPS) is 12.1. The Labute approximate surface area is 89.7 Å². The maximum atomic E-state index is 10.5. The Morgan fingerprint density at radius 2 is 2.07 bits per heavy atom. The van der Waals surface area contributed by atoms with Gasteiger partial charge in [0.15, 0.2) is 0 Å². The lowest BCUT2D eigenvalue weighted by molar-refractivity contribution is -0.141. The number of ether oxygens (including phenoxy) is 1. The molecule has 0 bridgehead atoms. The minimum Gasteiger partial charge on any atom is -0.466 e. The molecule has 0 aliphatic heterocycles. The van der Waals surface area contributed by atoms with Gasteiger partial charge >= 0.3 is 5.97 Å². The first-order valence-corrected chi connectivity index (χ1v) is 5.06. The standard InChI is InChI=1S/C12H16O3/c1-10(13)15-9-5-8-12(14)11-6-3-2-4-7-11/h2-4,6-7,12,14H,5,8-9H2,1H3. The predicted molar refractivity (Wildman–Crippen MR) is 57.3 cm³/mol. The molecule has 1 rings (SSSR count). The summed E-state index contributed by atoms with van der Waals surface area (Å²) in [6, 6.07) is 9.47. The van der Waals surface area contributed by atoms with Crippen molar-refractivity contribution in [2.45, 2.75) is 25.9 Å². The first-order chi connectivity index (χ1) is 7.20. The second-order valence-corrected chi connectivity index (χ2v) is 3.41. The zero-order valence-electron chi connectivity index (χ0n) is 8.85. The molecule has 0 aliphatic carbocycles. The molecule has 1 atom stereocenters. The van der Waals surface area contributed by atoms with Crippen LogP contribution in [0.5, 0.6) is 0 Å². The fourth-order valence-electron chi connectivity index (χ4n) is 1.33. The van der Waals surface area contributed by atoms with Gasteiger partial charge in [0.05, 0.1) is 12.7 Å². The van der Waals surface area contributed by atoms with Gasteiger partial charge < -0.3 is 9.84 Å². The monoisotopic (exact) mass is 208 g/mol. The minimum atomic E-state index is -0.471. The molecule has 0 saturated heterocycles. The van der Waals surface area contributed by atoms with Crippen molar-refractivity contribution in [2.24, 2.45) is 0 Å². The van der Waals surface area contributed by atoms with E-state index in [2.05, 4.69) is 0 Å². The van der Waals surface area contributed by atoms with Crippen LogP contribution in [0.2, 0.25) is 0 Å². The van der Waals surface area contributed by atoms with Crippen molar-refractivity contribution in [3.05, 3.63) is 35.9 Å². The molecular formula is C12H16O3. The lowest BCUT2D eigenvalue weighted by Gasteiger charge is -2.10. The van der Waals surface area contributed by atoms with Gasteiger partial charge in [0.25, 0.3) is 0 Å². The topological polar surface area (TPSA) is 46.5 Å². The molecule has 3 nitrogen and oxygen atoms in total. The molecule has 0 radical (unpaired) electrons. The third-order valence-electron chi connectivity index (χ3n) is 2.11. The molecule has 1 aromatic rings. The Bertz CT molecular complexity index is 295. The number of rotatable bonds is 5. The largest absolute Gasteiger partial charge is 0.466 e. The molecule has 82 valence electrons. The summed E-state index contributed by atoms with van der Waals surface area (Å²) in [5, 5.41) is 9.75. The van der Waals surface area contributed by atoms with E-state index >= 15 is 0 Å². The summed E-state index contributed by atoms with van der Waals surface area (Å²) in [6.07, 6.45) is 0.814. The molecule has 0 aromatic heterocycles. The van der Waals surface area contributed by atoms with Crippen LogP contribution >= 0.6 is 0 Å². The Kier molecular flexibility index (Phi) is 4.84. The number of aliphatic hydroxyl groups is 1. The average Bonchev–Trinajstić information content (AvgIpc) is 2.25. The van der Waals surface area contributed by atoms with Gasteiger partial charge in [-0.1, -0.05) is 30.3 Å². The molecule has 0 aliphatic rings. The second-order valence-electron chi connectivity index (χ2n) is 3.41. The van der Waals surface area contributed by atoms with Crippen molar-refractivity contribution in [1.29, 1.82) is 0 Å². The van der Waals surface area contributed by atoms with Gasteiger partial charge in [-0.05, 0) is 18.4 Å². The van der Waals surface area contributed by atoms with E-state index in [1.54, 1.807) is 0 Å². The van der Waals surface area contributed by atoms with Gasteiger partial charge in [0.2, 0.25) is 0 Å². The van der Waals surface area contributed by atoms with Gasteiger partial charge in [-0.25, -0.2) is 0 Å². The molecule has 1 unspecified atom stereocenters. The summed E-state index contributed by atoms with van der Waals surface area (Å²) in [6.45, 7) is 1.76. The molecule has 0 heterocycles. The van der Waals surface area contributed by atoms with Crippen molar-refractivity contribution in [3.63, 3.8) is 0 Å². The van der Waals surface area contributed by atoms with Crippen molar-refractivity contribution >= 4 is 5.97 Å². The summed E-state index contributed by atoms with van der Waals surface area (Å²) < 4.78 is 4.78. The zero-order valence-corrected chi connectivity index (χ0v) is 8.85. The van der Waals surface area contributed by atoms with Gasteiger partial charge in [-0.15, -0.1) is 0 Å². The van der Waals surface area contributed by atoms with E-state index in [1.165, 1.54) is 6.92 Å². The fraction of sp³-hybridized carbons (Fsp3) is 0.417. The van der Waals surface area contributed by atoms with E-state index in [1.807, 2.05) is 30.3 Å². The Balaban J connectivity index is 2.25. The van der Waals surface area contributed by atoms with E-state index in [9.17, 15) is 9.90 Å². The van der Waals surface area contributed by atoms with Crippen LogP contribution in [0.1, 0.15) is 31.4 Å². The van der Waals surface area contributed by atoms with Gasteiger partial charge in [0, 0.05) is 6.92 Å². The van der Waals surface area contributed by atoms with Gasteiger partial charge in [-0.2, -0.15) is 0 Å². The number of carbonyl (C=O) groups is 1. The van der Waals surface area contributed by atoms with Crippen LogP contribution in [0.4, 0.5) is 0 Å². The molecule has 0 fully saturated rings. The van der Waals surface area contributed by atoms with Crippen molar-refractivity contribution in [3.8, 4) is 0 Å². The smallest absolute Gasteiger partial charge is 0.302 e. The highest BCUT2D eigenvalue weighted by molar-refractivity contribution is 5.65. The van der Waals surface area contributed by atoms with E-state index in [-0.39, 0.29) is 5.97 Å². The molecule has 3 heteroatoms. The lowest BCUT2D eigenvalue weighted by Crippen LogP contribution is -2.03. The first kappa shape index (κ1) is 11.7. The quantitative estimate of drug-likeness (QED) is 0.595. The molecule has 0 amide bonds. The van der Waals surface area contributed by atoms with E-state index in [0.717, 1.165) is 5.56 Å². The third kappa shape index (κ3) is 4.61. The Morgan fingerprint density at radius 3 is 2.67 bits per heavy atom. The number of benzene rings is 1. The van der Waals surface area contributed by atoms with E-state index < -0.39 is 6.10 Å². The van der Waals surface area contributed by atoms with Crippen LogP contribution in [-0.4, -0.2) is 17.7 Å². The van der Waals surface area contributed by atoms with Crippen molar-refractivity contribution in [2.75, 3.05) is 6.61 Å². The number of esters is 1. The Morgan fingerprint density at radius 1 is 1.40 bits per heavy atom. The van der Waals surface area contributed by atoms with E-state index in [0.29, 0.717) is 19.4 Å². The first-order valence-electron chi connectivity index (χ1n) is 5.06. The molecule has 0 saturated carbocycles. The highest BCUT2D eigenvalue weighted by atomic mass is 16.5. The third-order valence-corrected chi connectivity index (χ3v) is 2.11. The lowest BCUT2D eigenvalue weighted by atomic mass is 10.1. The minimum absolute atomic E-state index is 0.274. The number of hydrogen-bond acceptors (Lipinski definition) is 3. The van der Waals surface area contributed by atoms with Crippen molar-refractivity contribution in [1.82, 2.24) is 0 Å². The van der Waals surface area contributed by atoms with Gasteiger partial charge in [0.1, 0.15) is 0 Å². The van der Waals surface area contributed by atoms with E-state index in [4.69, 9.17) is 4.74 Å². The van der Waals surface area contributed by atoms with Crippen LogP contribution in [-0.2, 0) is 9.53 Å². The fourth-order valence-corrected chi connectivity index (χ4v) is 1.33. The number of carbonyl (C=O) groups excluding carboxylic acids is 1. The number of hydrogen-bond donors (Lipinski definition) is 1. The average molecular weight is 208 g/mol. The van der Waals surface area contributed by atoms with Crippen LogP contribution in [0.15, 0.2) is 30.3 Å². The maximum Gasteiger partial charge on any atom is 0.302 e. The molecule has 1 aromatic carbocycles. The van der Waals surface area contributed by atoms with Gasteiger partial charge in [-0.3, -0.25) is 4.79 Å². The molecule has 15 heavy (non-hydrogen) atoms. The van der Waals surface area contributed by atoms with Crippen molar-refractivity contribution < 1.29 is 14.6 Å². The summed E-state index contributed by atoms with van der Waals surface area (Å²) in [5.74, 6) is -0.274. The zero-order chi connectivity index (χ0) is 11.1. The summed E-state index contributed by atoms with van der Waals surface area (Å²) in [4.78, 5) is 10.5. The van der Waals surface area contributed by atoms with Crippen LogP contribution in [0, 0.1) is 0 Å². The molecular weight excluding hydrogens is 192 g/mol. The maximum absolute atomic E-state index is 10.5. The highest BCUT2D eigenvalue weighted by Gasteiger charge is 2.06. The number of aliphatic hydroxyl groups excluding tert-OH is 1. The summed E-state index contributed by atoms with van der Waals surface area (Å²) >= 11 is 0. The molecule has 1 N–H and O–H groups in total. The van der Waals surface area contributed by atoms with Crippen LogP contribution in [0.25, 0.3) is 0 Å².